The van der Waals surface area contributed by atoms with Gasteiger partial charge in [0.1, 0.15) is 0 Å². The molecule has 1 saturated heterocycles. The molecule has 1 unspecified atom stereocenters. The number of hydrogen-bond donors (Lipinski definition) is 2. The third-order valence-corrected chi connectivity index (χ3v) is 3.03. The molecule has 1 rings (SSSR count). The van der Waals surface area contributed by atoms with E-state index in [1.807, 2.05) is 7.05 Å². The number of likely N-dealkylation sites (N-methyl/N-ethyl adjacent to an activating group) is 1. The summed E-state index contributed by atoms with van der Waals surface area (Å²) in [4.78, 5) is 2.59. The van der Waals surface area contributed by atoms with Crippen molar-refractivity contribution in [2.45, 2.75) is 19.8 Å². The van der Waals surface area contributed by atoms with Crippen LogP contribution in [0.25, 0.3) is 0 Å². The van der Waals surface area contributed by atoms with E-state index in [0.29, 0.717) is 0 Å². The van der Waals surface area contributed by atoms with E-state index in [0.717, 1.165) is 19.0 Å². The first-order chi connectivity index (χ1) is 6.86. The van der Waals surface area contributed by atoms with Crippen molar-refractivity contribution in [3.8, 4) is 0 Å². The monoisotopic (exact) mass is 199 g/mol. The van der Waals surface area contributed by atoms with Gasteiger partial charge in [-0.3, -0.25) is 0 Å². The molecule has 1 heterocycles. The summed E-state index contributed by atoms with van der Waals surface area (Å²) >= 11 is 0. The highest BCUT2D eigenvalue weighted by molar-refractivity contribution is 4.76. The lowest BCUT2D eigenvalue weighted by molar-refractivity contribution is 0.319. The van der Waals surface area contributed by atoms with E-state index < -0.39 is 0 Å². The zero-order valence-corrected chi connectivity index (χ0v) is 9.68. The molecule has 3 nitrogen and oxygen atoms in total. The Balaban J connectivity index is 2.02. The van der Waals surface area contributed by atoms with E-state index in [9.17, 15) is 0 Å². The van der Waals surface area contributed by atoms with Gasteiger partial charge in [-0.2, -0.15) is 0 Å². The molecule has 0 aromatic carbocycles. The van der Waals surface area contributed by atoms with Crippen LogP contribution in [0.3, 0.4) is 0 Å². The van der Waals surface area contributed by atoms with Crippen LogP contribution in [0.15, 0.2) is 0 Å². The number of nitrogens with zero attached hydrogens (tertiary/aromatic N) is 1. The predicted molar refractivity (Wildman–Crippen MR) is 61.6 cm³/mol. The van der Waals surface area contributed by atoms with Crippen molar-refractivity contribution in [2.75, 3.05) is 46.3 Å². The van der Waals surface area contributed by atoms with E-state index in [-0.39, 0.29) is 0 Å². The number of nitrogens with one attached hydrogen (secondary N) is 2. The van der Waals surface area contributed by atoms with Gasteiger partial charge in [-0.05, 0) is 45.4 Å². The molecule has 3 heteroatoms. The Bertz CT molecular complexity index is 138. The smallest absolute Gasteiger partial charge is 0.0107 e. The Kier molecular flexibility index (Phi) is 6.15. The molecular formula is C11H25N3. The van der Waals surface area contributed by atoms with Crippen LogP contribution in [0.5, 0.6) is 0 Å². The zero-order valence-electron chi connectivity index (χ0n) is 9.68. The zero-order chi connectivity index (χ0) is 10.2. The highest BCUT2D eigenvalue weighted by Gasteiger charge is 2.20. The third-order valence-electron chi connectivity index (χ3n) is 3.03. The van der Waals surface area contributed by atoms with Gasteiger partial charge in [0.15, 0.2) is 0 Å². The lowest BCUT2D eigenvalue weighted by Gasteiger charge is -2.15. The predicted octanol–water partition coefficient (Wildman–Crippen LogP) is 0.527. The fraction of sp³-hybridized carbons (Fsp3) is 1.00. The Morgan fingerprint density at radius 1 is 1.36 bits per heavy atom. The molecule has 1 atom stereocenters. The summed E-state index contributed by atoms with van der Waals surface area (Å²) in [6, 6.07) is 0. The first kappa shape index (κ1) is 12.0. The van der Waals surface area contributed by atoms with Gasteiger partial charge in [-0.15, -0.1) is 0 Å². The second kappa shape index (κ2) is 7.21. The second-order valence-corrected chi connectivity index (χ2v) is 4.20. The van der Waals surface area contributed by atoms with Gasteiger partial charge in [0.25, 0.3) is 0 Å². The molecule has 0 aromatic heterocycles. The van der Waals surface area contributed by atoms with E-state index in [1.165, 1.54) is 39.0 Å². The van der Waals surface area contributed by atoms with Crippen LogP contribution in [0, 0.1) is 5.92 Å². The molecule has 0 aromatic rings. The van der Waals surface area contributed by atoms with Crippen LogP contribution < -0.4 is 10.6 Å². The summed E-state index contributed by atoms with van der Waals surface area (Å²) < 4.78 is 0. The Labute approximate surface area is 88.2 Å². The first-order valence-electron chi connectivity index (χ1n) is 5.94. The number of hydrogen-bond acceptors (Lipinski definition) is 3. The van der Waals surface area contributed by atoms with Crippen LogP contribution in [0.2, 0.25) is 0 Å². The van der Waals surface area contributed by atoms with Crippen molar-refractivity contribution in [1.82, 2.24) is 15.5 Å². The lowest BCUT2D eigenvalue weighted by Crippen LogP contribution is -2.30. The van der Waals surface area contributed by atoms with Crippen molar-refractivity contribution < 1.29 is 0 Å². The molecular weight excluding hydrogens is 174 g/mol. The Morgan fingerprint density at radius 3 is 2.93 bits per heavy atom. The number of likely N-dealkylation sites (tertiary alicyclic amines) is 1. The van der Waals surface area contributed by atoms with Crippen molar-refractivity contribution in [3.63, 3.8) is 0 Å². The minimum absolute atomic E-state index is 0.934. The summed E-state index contributed by atoms with van der Waals surface area (Å²) in [5, 5.41) is 6.61. The van der Waals surface area contributed by atoms with E-state index in [1.54, 1.807) is 0 Å². The van der Waals surface area contributed by atoms with E-state index >= 15 is 0 Å². The van der Waals surface area contributed by atoms with E-state index in [4.69, 9.17) is 0 Å². The summed E-state index contributed by atoms with van der Waals surface area (Å²) in [6.07, 6.45) is 2.74. The van der Waals surface area contributed by atoms with Gasteiger partial charge in [-0.25, -0.2) is 0 Å². The molecule has 0 amide bonds. The van der Waals surface area contributed by atoms with Gasteiger partial charge in [0.05, 0.1) is 0 Å². The lowest BCUT2D eigenvalue weighted by atomic mass is 10.1. The van der Waals surface area contributed by atoms with Gasteiger partial charge >= 0.3 is 0 Å². The molecule has 0 aliphatic carbocycles. The quantitative estimate of drug-likeness (QED) is 0.586. The van der Waals surface area contributed by atoms with Crippen LogP contribution in [0.4, 0.5) is 0 Å². The van der Waals surface area contributed by atoms with Crippen molar-refractivity contribution in [2.24, 2.45) is 5.92 Å². The van der Waals surface area contributed by atoms with Crippen LogP contribution in [-0.2, 0) is 0 Å². The minimum atomic E-state index is 0.934. The maximum absolute atomic E-state index is 3.38. The van der Waals surface area contributed by atoms with Crippen LogP contribution >= 0.6 is 0 Å². The highest BCUT2D eigenvalue weighted by atomic mass is 15.2. The summed E-state index contributed by atoms with van der Waals surface area (Å²) in [6.45, 7) is 9.43. The molecule has 14 heavy (non-hydrogen) atoms. The molecule has 1 aliphatic heterocycles. The molecule has 1 aliphatic rings. The van der Waals surface area contributed by atoms with Crippen LogP contribution in [-0.4, -0.2) is 51.2 Å². The van der Waals surface area contributed by atoms with Gasteiger partial charge in [0.2, 0.25) is 0 Å². The SMILES string of the molecule is CCNCCN1CCC(CCNC)C1. The highest BCUT2D eigenvalue weighted by Crippen LogP contribution is 2.18. The van der Waals surface area contributed by atoms with Gasteiger partial charge in [0, 0.05) is 19.6 Å². The van der Waals surface area contributed by atoms with Crippen molar-refractivity contribution in [1.29, 1.82) is 0 Å². The Hall–Kier alpha value is -0.120. The van der Waals surface area contributed by atoms with Gasteiger partial charge in [-0.1, -0.05) is 6.92 Å². The maximum Gasteiger partial charge on any atom is 0.0107 e. The van der Waals surface area contributed by atoms with E-state index in [2.05, 4.69) is 22.5 Å². The largest absolute Gasteiger partial charge is 0.320 e. The Morgan fingerprint density at radius 2 is 2.21 bits per heavy atom. The molecule has 0 bridgehead atoms. The standard InChI is InChI=1S/C11H25N3/c1-3-13-7-9-14-8-5-11(10-14)4-6-12-2/h11-13H,3-10H2,1-2H3. The third kappa shape index (κ3) is 4.40. The first-order valence-corrected chi connectivity index (χ1v) is 5.94. The fourth-order valence-electron chi connectivity index (χ4n) is 2.11. The average molecular weight is 199 g/mol. The summed E-state index contributed by atoms with van der Waals surface area (Å²) in [7, 11) is 2.04. The topological polar surface area (TPSA) is 27.3 Å². The van der Waals surface area contributed by atoms with Crippen LogP contribution in [0.1, 0.15) is 19.8 Å². The molecule has 0 radical (unpaired) electrons. The number of rotatable bonds is 7. The maximum atomic E-state index is 3.38. The molecule has 2 N–H and O–H groups in total. The summed E-state index contributed by atoms with van der Waals surface area (Å²) in [5.74, 6) is 0.934. The van der Waals surface area contributed by atoms with Gasteiger partial charge < -0.3 is 15.5 Å². The molecule has 1 fully saturated rings. The normalized spacial score (nSPS) is 23.1. The average Bonchev–Trinajstić information content (AvgIpc) is 2.63. The molecule has 0 saturated carbocycles. The minimum Gasteiger partial charge on any atom is -0.320 e. The van der Waals surface area contributed by atoms with Crippen molar-refractivity contribution in [3.05, 3.63) is 0 Å². The summed E-state index contributed by atoms with van der Waals surface area (Å²) in [5.41, 5.74) is 0. The van der Waals surface area contributed by atoms with Crippen molar-refractivity contribution >= 4 is 0 Å². The molecule has 84 valence electrons. The molecule has 0 spiro atoms. The fourth-order valence-corrected chi connectivity index (χ4v) is 2.11. The second-order valence-electron chi connectivity index (χ2n) is 4.20.